The molecule has 0 aromatic heterocycles. The van der Waals surface area contributed by atoms with Crippen LogP contribution in [0, 0.1) is 6.92 Å². The van der Waals surface area contributed by atoms with E-state index in [4.69, 9.17) is 23.8 Å². The third kappa shape index (κ3) is 4.02. The molecule has 1 atom stereocenters. The molecule has 1 unspecified atom stereocenters. The maximum absolute atomic E-state index is 14.4. The maximum Gasteiger partial charge on any atom is 0.106 e. The summed E-state index contributed by atoms with van der Waals surface area (Å²) in [5, 5.41) is 0.685. The number of thiocarbonyl (C=S) groups is 1. The lowest BCUT2D eigenvalue weighted by Crippen LogP contribution is -2.21. The molecule has 2 aromatic rings. The Hall–Kier alpha value is -1.51. The Kier molecular flexibility index (Phi) is 5.13. The Morgan fingerprint density at radius 3 is 2.56 bits per heavy atom. The Labute approximate surface area is 159 Å². The minimum Gasteiger partial charge on any atom is -0.244 e. The van der Waals surface area contributed by atoms with Crippen LogP contribution in [0.25, 0.3) is 5.57 Å². The van der Waals surface area contributed by atoms with E-state index in [1.54, 1.807) is 13.8 Å². The van der Waals surface area contributed by atoms with Gasteiger partial charge in [0.2, 0.25) is 0 Å². The number of halogens is 2. The quantitative estimate of drug-likeness (QED) is 0.519. The van der Waals surface area contributed by atoms with E-state index < -0.39 is 5.67 Å². The van der Waals surface area contributed by atoms with Gasteiger partial charge in [-0.05, 0) is 73.6 Å². The van der Waals surface area contributed by atoms with Gasteiger partial charge < -0.3 is 0 Å². The lowest BCUT2D eigenvalue weighted by Gasteiger charge is -2.25. The summed E-state index contributed by atoms with van der Waals surface area (Å²) < 4.78 is 14.4. The summed E-state index contributed by atoms with van der Waals surface area (Å²) in [6, 6.07) is 14.2. The molecular formula is C22H22ClFS. The Morgan fingerprint density at radius 2 is 1.88 bits per heavy atom. The summed E-state index contributed by atoms with van der Waals surface area (Å²) in [5.41, 5.74) is 4.38. The van der Waals surface area contributed by atoms with E-state index in [1.165, 1.54) is 11.1 Å². The highest BCUT2D eigenvalue weighted by atomic mass is 35.5. The van der Waals surface area contributed by atoms with Crippen LogP contribution in [0.2, 0.25) is 5.02 Å². The molecule has 1 aliphatic carbocycles. The van der Waals surface area contributed by atoms with Crippen LogP contribution in [0.1, 0.15) is 54.9 Å². The minimum absolute atomic E-state index is 0.0833. The summed E-state index contributed by atoms with van der Waals surface area (Å²) in [5.74, 6) is -0.0833. The maximum atomic E-state index is 14.4. The van der Waals surface area contributed by atoms with E-state index in [2.05, 4.69) is 25.1 Å². The number of rotatable bonds is 3. The first-order valence-electron chi connectivity index (χ1n) is 8.54. The van der Waals surface area contributed by atoms with Crippen LogP contribution < -0.4 is 0 Å². The number of aryl methyl sites for hydroxylation is 1. The van der Waals surface area contributed by atoms with Crippen molar-refractivity contribution in [1.82, 2.24) is 0 Å². The molecule has 0 radical (unpaired) electrons. The van der Waals surface area contributed by atoms with Gasteiger partial charge in [-0.25, -0.2) is 4.39 Å². The third-order valence-electron chi connectivity index (χ3n) is 4.70. The van der Waals surface area contributed by atoms with Crippen molar-refractivity contribution in [3.05, 3.63) is 75.8 Å². The van der Waals surface area contributed by atoms with E-state index in [0.717, 1.165) is 21.6 Å². The second-order valence-electron chi connectivity index (χ2n) is 7.31. The van der Waals surface area contributed by atoms with Crippen LogP contribution in [-0.2, 0) is 0 Å². The molecule has 0 saturated carbocycles. The van der Waals surface area contributed by atoms with E-state index in [0.29, 0.717) is 17.9 Å². The van der Waals surface area contributed by atoms with Crippen LogP contribution in [-0.4, -0.2) is 10.5 Å². The van der Waals surface area contributed by atoms with Gasteiger partial charge in [0.25, 0.3) is 0 Å². The molecule has 0 aliphatic heterocycles. The summed E-state index contributed by atoms with van der Waals surface area (Å²) >= 11 is 12.0. The fourth-order valence-electron chi connectivity index (χ4n) is 3.53. The van der Waals surface area contributed by atoms with Gasteiger partial charge in [0, 0.05) is 15.8 Å². The smallest absolute Gasteiger partial charge is 0.106 e. The van der Waals surface area contributed by atoms with Crippen molar-refractivity contribution in [2.24, 2.45) is 0 Å². The average Bonchev–Trinajstić information content (AvgIpc) is 2.65. The molecule has 1 aliphatic rings. The molecule has 0 N–H and O–H groups in total. The van der Waals surface area contributed by atoms with Crippen molar-refractivity contribution in [2.45, 2.75) is 45.2 Å². The second-order valence-corrected chi connectivity index (χ2v) is 8.27. The number of allylic oxidation sites excluding steroid dienone is 1. The van der Waals surface area contributed by atoms with Crippen LogP contribution >= 0.6 is 23.8 Å². The number of fused-ring (bicyclic) bond motifs is 1. The van der Waals surface area contributed by atoms with Crippen molar-refractivity contribution >= 4 is 34.3 Å². The predicted molar refractivity (Wildman–Crippen MR) is 109 cm³/mol. The summed E-state index contributed by atoms with van der Waals surface area (Å²) in [6.07, 6.45) is 3.23. The van der Waals surface area contributed by atoms with Crippen molar-refractivity contribution < 1.29 is 4.39 Å². The van der Waals surface area contributed by atoms with Gasteiger partial charge in [0.1, 0.15) is 5.67 Å². The number of alkyl halides is 1. The van der Waals surface area contributed by atoms with E-state index >= 15 is 0 Å². The molecule has 0 fully saturated rings. The fraction of sp³-hybridized carbons (Fsp3) is 0.318. The Balaban J connectivity index is 2.19. The molecule has 0 nitrogen and oxygen atoms in total. The number of hydrogen-bond acceptors (Lipinski definition) is 1. The van der Waals surface area contributed by atoms with Crippen molar-refractivity contribution in [3.63, 3.8) is 0 Å². The van der Waals surface area contributed by atoms with Gasteiger partial charge in [-0.15, -0.1) is 0 Å². The van der Waals surface area contributed by atoms with Gasteiger partial charge in [-0.2, -0.15) is 0 Å². The molecule has 25 heavy (non-hydrogen) atoms. The zero-order valence-corrected chi connectivity index (χ0v) is 16.3. The molecule has 2 aromatic carbocycles. The third-order valence-corrected chi connectivity index (χ3v) is 5.39. The molecule has 0 amide bonds. The van der Waals surface area contributed by atoms with Crippen LogP contribution in [0.5, 0.6) is 0 Å². The molecule has 3 rings (SSSR count). The van der Waals surface area contributed by atoms with Gasteiger partial charge in [0.15, 0.2) is 0 Å². The first kappa shape index (κ1) is 18.3. The van der Waals surface area contributed by atoms with Crippen molar-refractivity contribution in [1.29, 1.82) is 0 Å². The van der Waals surface area contributed by atoms with E-state index in [1.807, 2.05) is 30.3 Å². The van der Waals surface area contributed by atoms with Gasteiger partial charge in [-0.3, -0.25) is 0 Å². The Morgan fingerprint density at radius 1 is 1.16 bits per heavy atom. The highest BCUT2D eigenvalue weighted by Crippen LogP contribution is 2.41. The van der Waals surface area contributed by atoms with Gasteiger partial charge >= 0.3 is 0 Å². The largest absolute Gasteiger partial charge is 0.244 e. The summed E-state index contributed by atoms with van der Waals surface area (Å²) in [4.78, 5) is 0.887. The zero-order valence-electron chi connectivity index (χ0n) is 14.8. The van der Waals surface area contributed by atoms with Gasteiger partial charge in [-0.1, -0.05) is 60.2 Å². The normalized spacial score (nSPS) is 17.7. The van der Waals surface area contributed by atoms with Crippen LogP contribution in [0.15, 0.2) is 48.5 Å². The fourth-order valence-corrected chi connectivity index (χ4v) is 4.00. The molecule has 0 heterocycles. The van der Waals surface area contributed by atoms with Crippen LogP contribution in [0.4, 0.5) is 4.39 Å². The average molecular weight is 373 g/mol. The van der Waals surface area contributed by atoms with E-state index in [9.17, 15) is 4.39 Å². The first-order valence-corrected chi connectivity index (χ1v) is 9.32. The highest BCUT2D eigenvalue weighted by Gasteiger charge is 2.30. The number of benzene rings is 2. The molecule has 0 saturated heterocycles. The molecule has 0 spiro atoms. The molecule has 3 heteroatoms. The highest BCUT2D eigenvalue weighted by molar-refractivity contribution is 7.80. The van der Waals surface area contributed by atoms with E-state index in [-0.39, 0.29) is 5.92 Å². The number of hydrogen-bond donors (Lipinski definition) is 0. The van der Waals surface area contributed by atoms with Crippen LogP contribution in [0.3, 0.4) is 0 Å². The SMILES string of the molecule is Cc1ccccc1C1=CCC(=S)C(CC(C)(C)F)c2ccc(Cl)cc21. The second kappa shape index (κ2) is 7.01. The Bertz CT molecular complexity index is 845. The topological polar surface area (TPSA) is 0 Å². The van der Waals surface area contributed by atoms with Gasteiger partial charge in [0.05, 0.1) is 0 Å². The monoisotopic (exact) mass is 372 g/mol. The zero-order chi connectivity index (χ0) is 18.2. The molecule has 130 valence electrons. The van der Waals surface area contributed by atoms with Crippen molar-refractivity contribution in [2.75, 3.05) is 0 Å². The lowest BCUT2D eigenvalue weighted by atomic mass is 9.83. The van der Waals surface area contributed by atoms with Crippen molar-refractivity contribution in [3.8, 4) is 0 Å². The first-order chi connectivity index (χ1) is 11.8. The summed E-state index contributed by atoms with van der Waals surface area (Å²) in [7, 11) is 0. The summed E-state index contributed by atoms with van der Waals surface area (Å²) in [6.45, 7) is 5.34. The molecule has 0 bridgehead atoms. The molecular weight excluding hydrogens is 351 g/mol. The standard InChI is InChI=1S/C22H22ClFS/c1-14-6-4-5-7-16(14)17-10-11-21(25)20(13-22(2,3)24)18-9-8-15(23)12-19(17)18/h4-10,12,20H,11,13H2,1-3H3. The minimum atomic E-state index is -1.28. The lowest BCUT2D eigenvalue weighted by molar-refractivity contribution is 0.198. The predicted octanol–water partition coefficient (Wildman–Crippen LogP) is 7.08.